The van der Waals surface area contributed by atoms with Crippen LogP contribution in [0, 0.1) is 5.92 Å². The van der Waals surface area contributed by atoms with E-state index in [1.54, 1.807) is 11.9 Å². The monoisotopic (exact) mass is 283 g/mol. The number of anilines is 1. The number of fused-ring (bicyclic) bond motifs is 1. The van der Waals surface area contributed by atoms with Crippen LogP contribution in [0.1, 0.15) is 13.8 Å². The smallest absolute Gasteiger partial charge is 0.268 e. The van der Waals surface area contributed by atoms with Crippen molar-refractivity contribution in [2.45, 2.75) is 20.0 Å². The first-order chi connectivity index (χ1) is 7.50. The second-order valence-corrected chi connectivity index (χ2v) is 5.21. The number of nitrogens with zero attached hydrogens (tertiary/aromatic N) is 1. The molecule has 1 heterocycles. The predicted molar refractivity (Wildman–Crippen MR) is 66.8 cm³/mol. The Morgan fingerprint density at radius 2 is 2.12 bits per heavy atom. The summed E-state index contributed by atoms with van der Waals surface area (Å²) in [6.45, 7) is 3.97. The van der Waals surface area contributed by atoms with Crippen LogP contribution in [-0.4, -0.2) is 19.1 Å². The van der Waals surface area contributed by atoms with Gasteiger partial charge in [-0.3, -0.25) is 4.79 Å². The van der Waals surface area contributed by atoms with Crippen molar-refractivity contribution in [2.75, 3.05) is 11.9 Å². The summed E-state index contributed by atoms with van der Waals surface area (Å²) in [4.78, 5) is 13.7. The van der Waals surface area contributed by atoms with Gasteiger partial charge in [0.1, 0.15) is 5.75 Å². The molecule has 2 rings (SSSR count). The Morgan fingerprint density at radius 1 is 1.44 bits per heavy atom. The molecule has 4 heteroatoms. The van der Waals surface area contributed by atoms with Crippen molar-refractivity contribution in [1.82, 2.24) is 0 Å². The first-order valence-corrected chi connectivity index (χ1v) is 6.04. The van der Waals surface area contributed by atoms with Gasteiger partial charge in [0, 0.05) is 11.5 Å². The standard InChI is InChI=1S/C12H14BrNO2/c1-7(2)11-12(15)14(3)9-6-8(13)4-5-10(9)16-11/h4-7,11H,1-3H3. The van der Waals surface area contributed by atoms with Crippen molar-refractivity contribution in [1.29, 1.82) is 0 Å². The van der Waals surface area contributed by atoms with Crippen molar-refractivity contribution < 1.29 is 9.53 Å². The molecule has 16 heavy (non-hydrogen) atoms. The Bertz CT molecular complexity index is 431. The third-order valence-electron chi connectivity index (χ3n) is 2.72. The van der Waals surface area contributed by atoms with Gasteiger partial charge in [0.15, 0.2) is 6.10 Å². The molecule has 0 aliphatic carbocycles. The van der Waals surface area contributed by atoms with E-state index in [0.29, 0.717) is 0 Å². The number of ether oxygens (including phenoxy) is 1. The molecule has 0 saturated heterocycles. The fourth-order valence-electron chi connectivity index (χ4n) is 1.77. The lowest BCUT2D eigenvalue weighted by Gasteiger charge is -2.33. The van der Waals surface area contributed by atoms with Crippen molar-refractivity contribution in [2.24, 2.45) is 5.92 Å². The van der Waals surface area contributed by atoms with E-state index in [-0.39, 0.29) is 17.9 Å². The fraction of sp³-hybridized carbons (Fsp3) is 0.417. The van der Waals surface area contributed by atoms with Gasteiger partial charge < -0.3 is 9.64 Å². The van der Waals surface area contributed by atoms with Crippen molar-refractivity contribution in [3.05, 3.63) is 22.7 Å². The average Bonchev–Trinajstić information content (AvgIpc) is 2.23. The maximum Gasteiger partial charge on any atom is 0.268 e. The Labute approximate surface area is 104 Å². The second-order valence-electron chi connectivity index (χ2n) is 4.29. The number of benzene rings is 1. The van der Waals surface area contributed by atoms with Crippen LogP contribution in [0.4, 0.5) is 5.69 Å². The SMILES string of the molecule is CC(C)C1Oc2ccc(Br)cc2N(C)C1=O. The highest BCUT2D eigenvalue weighted by molar-refractivity contribution is 9.10. The number of carbonyl (C=O) groups is 1. The minimum absolute atomic E-state index is 0.0144. The van der Waals surface area contributed by atoms with Crippen LogP contribution in [0.5, 0.6) is 5.75 Å². The summed E-state index contributed by atoms with van der Waals surface area (Å²) < 4.78 is 6.66. The molecule has 0 spiro atoms. The molecular formula is C12H14BrNO2. The van der Waals surface area contributed by atoms with Crippen LogP contribution in [0.15, 0.2) is 22.7 Å². The summed E-state index contributed by atoms with van der Waals surface area (Å²) in [5.74, 6) is 0.955. The first kappa shape index (κ1) is 11.5. The lowest BCUT2D eigenvalue weighted by atomic mass is 10.0. The number of likely N-dealkylation sites (N-methyl/N-ethyl adjacent to an activating group) is 1. The number of hydrogen-bond acceptors (Lipinski definition) is 2. The maximum absolute atomic E-state index is 12.0. The summed E-state index contributed by atoms with van der Waals surface area (Å²) in [5.41, 5.74) is 0.816. The molecule has 1 aromatic carbocycles. The lowest BCUT2D eigenvalue weighted by Crippen LogP contribution is -2.46. The van der Waals surface area contributed by atoms with E-state index in [1.165, 1.54) is 0 Å². The van der Waals surface area contributed by atoms with Crippen molar-refractivity contribution in [3.63, 3.8) is 0 Å². The third kappa shape index (κ3) is 1.82. The summed E-state index contributed by atoms with van der Waals surface area (Å²) in [6.07, 6.45) is -0.376. The molecule has 3 nitrogen and oxygen atoms in total. The highest BCUT2D eigenvalue weighted by Gasteiger charge is 2.34. The molecule has 1 aromatic rings. The topological polar surface area (TPSA) is 29.5 Å². The number of halogens is 1. The van der Waals surface area contributed by atoms with E-state index in [2.05, 4.69) is 15.9 Å². The molecule has 1 unspecified atom stereocenters. The lowest BCUT2D eigenvalue weighted by molar-refractivity contribution is -0.127. The maximum atomic E-state index is 12.0. The minimum Gasteiger partial charge on any atom is -0.478 e. The molecule has 1 amide bonds. The van der Waals surface area contributed by atoms with Gasteiger partial charge in [0.05, 0.1) is 5.69 Å². The molecule has 1 aliphatic rings. The molecule has 0 N–H and O–H groups in total. The van der Waals surface area contributed by atoms with Crippen LogP contribution in [0.2, 0.25) is 0 Å². The third-order valence-corrected chi connectivity index (χ3v) is 3.21. The quantitative estimate of drug-likeness (QED) is 0.793. The summed E-state index contributed by atoms with van der Waals surface area (Å²) >= 11 is 3.39. The number of amides is 1. The molecule has 0 fully saturated rings. The van der Waals surface area contributed by atoms with Crippen molar-refractivity contribution in [3.8, 4) is 5.75 Å². The zero-order valence-corrected chi connectivity index (χ0v) is 11.1. The van der Waals surface area contributed by atoms with E-state index in [9.17, 15) is 4.79 Å². The summed E-state index contributed by atoms with van der Waals surface area (Å²) in [6, 6.07) is 5.70. The zero-order valence-electron chi connectivity index (χ0n) is 9.53. The van der Waals surface area contributed by atoms with Crippen molar-refractivity contribution >= 4 is 27.5 Å². The van der Waals surface area contributed by atoms with E-state index in [4.69, 9.17) is 4.74 Å². The van der Waals surface area contributed by atoms with Gasteiger partial charge in [-0.15, -0.1) is 0 Å². The van der Waals surface area contributed by atoms with Gasteiger partial charge in [0.2, 0.25) is 0 Å². The summed E-state index contributed by atoms with van der Waals surface area (Å²) in [5, 5.41) is 0. The van der Waals surface area contributed by atoms with Crippen LogP contribution >= 0.6 is 15.9 Å². The predicted octanol–water partition coefficient (Wildman–Crippen LogP) is 2.83. The normalized spacial score (nSPS) is 19.7. The van der Waals surface area contributed by atoms with Crippen LogP contribution < -0.4 is 9.64 Å². The molecule has 0 saturated carbocycles. The molecule has 1 atom stereocenters. The minimum atomic E-state index is -0.376. The Hall–Kier alpha value is -1.03. The summed E-state index contributed by atoms with van der Waals surface area (Å²) in [7, 11) is 1.78. The Morgan fingerprint density at radius 3 is 2.75 bits per heavy atom. The fourth-order valence-corrected chi connectivity index (χ4v) is 2.12. The average molecular weight is 284 g/mol. The largest absolute Gasteiger partial charge is 0.478 e. The zero-order chi connectivity index (χ0) is 11.9. The van der Waals surface area contributed by atoms with Gasteiger partial charge in [-0.2, -0.15) is 0 Å². The van der Waals surface area contributed by atoms with Gasteiger partial charge in [-0.1, -0.05) is 29.8 Å². The first-order valence-electron chi connectivity index (χ1n) is 5.24. The molecule has 0 radical (unpaired) electrons. The van der Waals surface area contributed by atoms with Crippen LogP contribution in [0.3, 0.4) is 0 Å². The second kappa shape index (κ2) is 4.09. The number of carbonyl (C=O) groups excluding carboxylic acids is 1. The highest BCUT2D eigenvalue weighted by Crippen LogP contribution is 2.36. The highest BCUT2D eigenvalue weighted by atomic mass is 79.9. The molecule has 0 bridgehead atoms. The Balaban J connectivity index is 2.44. The number of hydrogen-bond donors (Lipinski definition) is 0. The van der Waals surface area contributed by atoms with E-state index in [0.717, 1.165) is 15.9 Å². The van der Waals surface area contributed by atoms with Gasteiger partial charge >= 0.3 is 0 Å². The van der Waals surface area contributed by atoms with Gasteiger partial charge in [0.25, 0.3) is 5.91 Å². The number of rotatable bonds is 1. The molecule has 1 aliphatic heterocycles. The van der Waals surface area contributed by atoms with Crippen LogP contribution in [0.25, 0.3) is 0 Å². The van der Waals surface area contributed by atoms with Gasteiger partial charge in [-0.25, -0.2) is 0 Å². The molecule has 86 valence electrons. The molecular weight excluding hydrogens is 270 g/mol. The Kier molecular flexibility index (Phi) is 2.93. The van der Waals surface area contributed by atoms with Crippen LogP contribution in [-0.2, 0) is 4.79 Å². The van der Waals surface area contributed by atoms with E-state index in [1.807, 2.05) is 32.0 Å². The van der Waals surface area contributed by atoms with E-state index < -0.39 is 0 Å². The van der Waals surface area contributed by atoms with Gasteiger partial charge in [-0.05, 0) is 24.1 Å². The van der Waals surface area contributed by atoms with E-state index >= 15 is 0 Å². The molecule has 0 aromatic heterocycles.